The molecule has 0 amide bonds. The second-order valence-corrected chi connectivity index (χ2v) is 5.30. The van der Waals surface area contributed by atoms with E-state index in [9.17, 15) is 14.7 Å². The summed E-state index contributed by atoms with van der Waals surface area (Å²) in [4.78, 5) is 23.8. The Bertz CT molecular complexity index is 944. The largest absolute Gasteiger partial charge is 0.480 e. The lowest BCUT2D eigenvalue weighted by atomic mass is 10.1. The van der Waals surface area contributed by atoms with E-state index in [2.05, 4.69) is 0 Å². The Morgan fingerprint density at radius 2 is 1.90 bits per heavy atom. The van der Waals surface area contributed by atoms with Crippen molar-refractivity contribution in [3.63, 3.8) is 0 Å². The molecule has 0 saturated heterocycles. The van der Waals surface area contributed by atoms with Gasteiger partial charge in [-0.2, -0.15) is 0 Å². The van der Waals surface area contributed by atoms with Gasteiger partial charge in [-0.3, -0.25) is 9.59 Å². The summed E-state index contributed by atoms with van der Waals surface area (Å²) in [5, 5.41) is 10.7. The number of rotatable bonds is 2. The fourth-order valence-corrected chi connectivity index (χ4v) is 2.83. The number of carboxylic acid groups (broad SMARTS) is 1. The lowest BCUT2D eigenvalue weighted by Gasteiger charge is -2.15. The van der Waals surface area contributed by atoms with Gasteiger partial charge in [-0.25, -0.2) is 0 Å². The molecule has 5 heteroatoms. The minimum atomic E-state index is -0.968. The first-order valence-electron chi connectivity index (χ1n) is 6.43. The summed E-state index contributed by atoms with van der Waals surface area (Å²) in [5.74, 6) is -0.968. The summed E-state index contributed by atoms with van der Waals surface area (Å²) in [5.41, 5.74) is 1.77. The normalized spacial score (nSPS) is 11.1. The summed E-state index contributed by atoms with van der Waals surface area (Å²) < 4.78 is 1.63. The van der Waals surface area contributed by atoms with E-state index in [4.69, 9.17) is 11.6 Å². The van der Waals surface area contributed by atoms with E-state index < -0.39 is 5.97 Å². The summed E-state index contributed by atoms with van der Waals surface area (Å²) in [6.45, 7) is 1.57. The number of carbonyl (C=O) groups is 1. The molecule has 1 aromatic heterocycles. The third kappa shape index (κ3) is 2.08. The first-order chi connectivity index (χ1) is 10.0. The molecule has 0 unspecified atom stereocenters. The number of halogens is 1. The van der Waals surface area contributed by atoms with E-state index >= 15 is 0 Å². The predicted octanol–water partition coefficient (Wildman–Crippen LogP) is 3.20. The number of aryl methyl sites for hydroxylation is 1. The average molecular weight is 302 g/mol. The van der Waals surface area contributed by atoms with Gasteiger partial charge in [-0.05, 0) is 36.8 Å². The van der Waals surface area contributed by atoms with Crippen molar-refractivity contribution < 1.29 is 9.90 Å². The Kier molecular flexibility index (Phi) is 3.18. The van der Waals surface area contributed by atoms with Crippen LogP contribution in [0.1, 0.15) is 5.56 Å². The van der Waals surface area contributed by atoms with Gasteiger partial charge in [0.05, 0.1) is 11.0 Å². The maximum Gasteiger partial charge on any atom is 0.323 e. The molecule has 0 saturated carbocycles. The highest BCUT2D eigenvalue weighted by molar-refractivity contribution is 6.32. The van der Waals surface area contributed by atoms with Crippen LogP contribution in [0.25, 0.3) is 21.8 Å². The van der Waals surface area contributed by atoms with Crippen molar-refractivity contribution in [2.24, 2.45) is 0 Å². The minimum absolute atomic E-state index is 0.109. The van der Waals surface area contributed by atoms with Crippen molar-refractivity contribution in [3.8, 4) is 0 Å². The highest BCUT2D eigenvalue weighted by atomic mass is 35.5. The highest BCUT2D eigenvalue weighted by Crippen LogP contribution is 2.26. The molecular formula is C16H12ClNO3. The Hall–Kier alpha value is -2.33. The van der Waals surface area contributed by atoms with E-state index in [-0.39, 0.29) is 12.0 Å². The Labute approximate surface area is 125 Å². The molecule has 0 aliphatic rings. The first-order valence-corrected chi connectivity index (χ1v) is 6.80. The van der Waals surface area contributed by atoms with Crippen molar-refractivity contribution >= 4 is 39.4 Å². The summed E-state index contributed by atoms with van der Waals surface area (Å²) >= 11 is 6.14. The number of nitrogens with zero attached hydrogens (tertiary/aromatic N) is 1. The number of para-hydroxylation sites is 1. The van der Waals surface area contributed by atoms with Crippen molar-refractivity contribution in [2.75, 3.05) is 0 Å². The van der Waals surface area contributed by atoms with Gasteiger partial charge in [0.25, 0.3) is 0 Å². The first kappa shape index (κ1) is 13.6. The zero-order valence-electron chi connectivity index (χ0n) is 11.3. The molecule has 0 aliphatic carbocycles. The number of hydrogen-bond donors (Lipinski definition) is 1. The van der Waals surface area contributed by atoms with Crippen LogP contribution in [0.5, 0.6) is 0 Å². The second-order valence-electron chi connectivity index (χ2n) is 4.89. The monoisotopic (exact) mass is 301 g/mol. The molecule has 0 atom stereocenters. The van der Waals surface area contributed by atoms with E-state index in [1.165, 1.54) is 0 Å². The zero-order valence-corrected chi connectivity index (χ0v) is 12.0. The summed E-state index contributed by atoms with van der Waals surface area (Å²) in [6.07, 6.45) is 0. The van der Waals surface area contributed by atoms with Crippen LogP contribution in [0, 0.1) is 6.92 Å². The Morgan fingerprint density at radius 1 is 1.19 bits per heavy atom. The van der Waals surface area contributed by atoms with Gasteiger partial charge in [-0.1, -0.05) is 23.7 Å². The maximum atomic E-state index is 12.6. The average Bonchev–Trinajstić information content (AvgIpc) is 2.46. The van der Waals surface area contributed by atoms with E-state index in [1.807, 2.05) is 0 Å². The highest BCUT2D eigenvalue weighted by Gasteiger charge is 2.15. The maximum absolute atomic E-state index is 12.6. The lowest BCUT2D eigenvalue weighted by Crippen LogP contribution is -2.16. The predicted molar refractivity (Wildman–Crippen MR) is 83.1 cm³/mol. The van der Waals surface area contributed by atoms with Gasteiger partial charge in [-0.15, -0.1) is 0 Å². The molecule has 3 aromatic rings. The molecule has 0 spiro atoms. The standard InChI is InChI=1S/C16H12ClNO3/c1-9-12(17)7-6-11-15(9)18(8-14(19)20)13-5-3-2-4-10(13)16(11)21/h2-7H,8H2,1H3,(H,19,20). The third-order valence-electron chi connectivity index (χ3n) is 3.61. The molecule has 4 nitrogen and oxygen atoms in total. The number of aromatic nitrogens is 1. The quantitative estimate of drug-likeness (QED) is 0.739. The smallest absolute Gasteiger partial charge is 0.323 e. The number of carboxylic acids is 1. The minimum Gasteiger partial charge on any atom is -0.480 e. The fourth-order valence-electron chi connectivity index (χ4n) is 2.67. The Morgan fingerprint density at radius 3 is 2.62 bits per heavy atom. The van der Waals surface area contributed by atoms with Crippen LogP contribution in [-0.4, -0.2) is 15.6 Å². The molecule has 1 N–H and O–H groups in total. The summed E-state index contributed by atoms with van der Waals surface area (Å²) in [6, 6.07) is 10.3. The van der Waals surface area contributed by atoms with Crippen LogP contribution >= 0.6 is 11.6 Å². The van der Waals surface area contributed by atoms with Gasteiger partial charge in [0.2, 0.25) is 0 Å². The topological polar surface area (TPSA) is 59.3 Å². The van der Waals surface area contributed by atoms with Crippen molar-refractivity contribution in [1.29, 1.82) is 0 Å². The van der Waals surface area contributed by atoms with Crippen LogP contribution in [0.3, 0.4) is 0 Å². The van der Waals surface area contributed by atoms with Gasteiger partial charge >= 0.3 is 5.97 Å². The number of pyridine rings is 1. The van der Waals surface area contributed by atoms with Crippen LogP contribution in [-0.2, 0) is 11.3 Å². The van der Waals surface area contributed by atoms with Crippen LogP contribution < -0.4 is 5.43 Å². The molecule has 3 rings (SSSR count). The Balaban J connectivity index is 2.63. The SMILES string of the molecule is Cc1c(Cl)ccc2c(=O)c3ccccc3n(CC(=O)O)c12. The van der Waals surface area contributed by atoms with Crippen LogP contribution in [0.15, 0.2) is 41.2 Å². The van der Waals surface area contributed by atoms with Gasteiger partial charge in [0.15, 0.2) is 5.43 Å². The van der Waals surface area contributed by atoms with Gasteiger partial charge < -0.3 is 9.67 Å². The van der Waals surface area contributed by atoms with Crippen molar-refractivity contribution in [3.05, 3.63) is 57.2 Å². The zero-order chi connectivity index (χ0) is 15.1. The van der Waals surface area contributed by atoms with Gasteiger partial charge in [0.1, 0.15) is 6.54 Å². The third-order valence-corrected chi connectivity index (χ3v) is 4.02. The fraction of sp³-hybridized carbons (Fsp3) is 0.125. The number of hydrogen-bond acceptors (Lipinski definition) is 2. The second kappa shape index (κ2) is 4.90. The molecule has 106 valence electrons. The molecular weight excluding hydrogens is 290 g/mol. The molecule has 21 heavy (non-hydrogen) atoms. The molecule has 0 fully saturated rings. The lowest BCUT2D eigenvalue weighted by molar-refractivity contribution is -0.137. The van der Waals surface area contributed by atoms with Crippen molar-refractivity contribution in [1.82, 2.24) is 4.57 Å². The van der Waals surface area contributed by atoms with Crippen molar-refractivity contribution in [2.45, 2.75) is 13.5 Å². The van der Waals surface area contributed by atoms with Crippen LogP contribution in [0.2, 0.25) is 5.02 Å². The van der Waals surface area contributed by atoms with E-state index in [1.54, 1.807) is 47.9 Å². The molecule has 0 radical (unpaired) electrons. The molecule has 0 bridgehead atoms. The number of aliphatic carboxylic acids is 1. The van der Waals surface area contributed by atoms with E-state index in [0.29, 0.717) is 32.4 Å². The van der Waals surface area contributed by atoms with E-state index in [0.717, 1.165) is 0 Å². The number of benzene rings is 2. The molecule has 2 aromatic carbocycles. The van der Waals surface area contributed by atoms with Gasteiger partial charge in [0, 0.05) is 15.8 Å². The molecule has 1 heterocycles. The molecule has 0 aliphatic heterocycles. The van der Waals surface area contributed by atoms with Crippen LogP contribution in [0.4, 0.5) is 0 Å². The summed E-state index contributed by atoms with van der Waals surface area (Å²) in [7, 11) is 0. The number of fused-ring (bicyclic) bond motifs is 2.